The average molecular weight is 411 g/mol. The number of carbonyl (C=O) groups excluding carboxylic acids is 3. The van der Waals surface area contributed by atoms with E-state index in [1.807, 2.05) is 36.4 Å². The Morgan fingerprint density at radius 1 is 1.14 bits per heavy atom. The van der Waals surface area contributed by atoms with E-state index in [2.05, 4.69) is 5.32 Å². The molecule has 0 radical (unpaired) electrons. The second-order valence-electron chi connectivity index (χ2n) is 7.06. The van der Waals surface area contributed by atoms with Crippen molar-refractivity contribution in [3.05, 3.63) is 53.1 Å². The van der Waals surface area contributed by atoms with Gasteiger partial charge in [-0.05, 0) is 47.7 Å². The molecule has 1 saturated heterocycles. The van der Waals surface area contributed by atoms with E-state index in [1.54, 1.807) is 12.0 Å². The minimum Gasteiger partial charge on any atom is -0.495 e. The molecule has 2 heterocycles. The molecular formula is C21H21N3O4S. The van der Waals surface area contributed by atoms with E-state index in [1.165, 1.54) is 0 Å². The summed E-state index contributed by atoms with van der Waals surface area (Å²) >= 11 is 1.01. The molecule has 2 aliphatic heterocycles. The Morgan fingerprint density at radius 2 is 1.90 bits per heavy atom. The Kier molecular flexibility index (Phi) is 5.19. The summed E-state index contributed by atoms with van der Waals surface area (Å²) < 4.78 is 5.56. The third-order valence-corrected chi connectivity index (χ3v) is 6.20. The van der Waals surface area contributed by atoms with Crippen LogP contribution in [0.1, 0.15) is 23.1 Å². The van der Waals surface area contributed by atoms with E-state index in [0.29, 0.717) is 37.2 Å². The molecule has 2 aromatic rings. The number of imide groups is 1. The van der Waals surface area contributed by atoms with Gasteiger partial charge in [-0.25, -0.2) is 0 Å². The van der Waals surface area contributed by atoms with E-state index < -0.39 is 5.25 Å². The lowest BCUT2D eigenvalue weighted by molar-refractivity contribution is -0.119. The summed E-state index contributed by atoms with van der Waals surface area (Å²) in [6, 6.07) is 11.2. The number of hydrogen-bond acceptors (Lipinski definition) is 6. The van der Waals surface area contributed by atoms with Crippen LogP contribution in [0, 0.1) is 0 Å². The fraction of sp³-hybridized carbons (Fsp3) is 0.286. The summed E-state index contributed by atoms with van der Waals surface area (Å²) in [5.74, 6) is 0.370. The molecule has 3 N–H and O–H groups in total. The number of amides is 3. The minimum absolute atomic E-state index is 0.0212. The number of rotatable bonds is 5. The van der Waals surface area contributed by atoms with Crippen LogP contribution < -0.4 is 20.7 Å². The smallest absolute Gasteiger partial charge is 0.286 e. The van der Waals surface area contributed by atoms with Crippen molar-refractivity contribution in [1.82, 2.24) is 5.32 Å². The Morgan fingerprint density at radius 3 is 2.55 bits per heavy atom. The fourth-order valence-corrected chi connectivity index (χ4v) is 4.63. The highest BCUT2D eigenvalue weighted by atomic mass is 32.2. The number of ether oxygens (including phenoxy) is 1. The summed E-state index contributed by atoms with van der Waals surface area (Å²) in [6.07, 6.45) is 1.38. The van der Waals surface area contributed by atoms with Gasteiger partial charge in [0.25, 0.3) is 5.24 Å². The van der Waals surface area contributed by atoms with Crippen LogP contribution in [-0.4, -0.2) is 29.4 Å². The van der Waals surface area contributed by atoms with Crippen molar-refractivity contribution in [2.24, 2.45) is 0 Å². The standard InChI is InChI=1S/C21H21N3O4S/c1-28-16-8-4-13(10-17-20(26)23-21(27)29-17)15-7-9-18(25)24(19(15)16)11-12-2-5-14(22)6-3-12/h2-6,8,17H,7,9-11,22H2,1H3,(H,23,26,27). The van der Waals surface area contributed by atoms with Gasteiger partial charge in [0.2, 0.25) is 11.8 Å². The van der Waals surface area contributed by atoms with E-state index in [9.17, 15) is 14.4 Å². The first-order valence-electron chi connectivity index (χ1n) is 9.31. The highest BCUT2D eigenvalue weighted by molar-refractivity contribution is 8.15. The van der Waals surface area contributed by atoms with Gasteiger partial charge in [-0.15, -0.1) is 0 Å². The maximum absolute atomic E-state index is 12.8. The number of nitrogens with one attached hydrogen (secondary N) is 1. The SMILES string of the molecule is COc1ccc(CC2SC(=O)NC2=O)c2c1N(Cc1ccc(N)cc1)C(=O)CC2. The molecule has 1 atom stereocenters. The van der Waals surface area contributed by atoms with Gasteiger partial charge >= 0.3 is 0 Å². The van der Waals surface area contributed by atoms with Crippen LogP contribution in [0.4, 0.5) is 16.2 Å². The summed E-state index contributed by atoms with van der Waals surface area (Å²) in [4.78, 5) is 38.0. The molecule has 0 aliphatic carbocycles. The average Bonchev–Trinajstić information content (AvgIpc) is 3.02. The molecule has 0 bridgehead atoms. The number of fused-ring (bicyclic) bond motifs is 1. The molecule has 8 heteroatoms. The van der Waals surface area contributed by atoms with Crippen molar-refractivity contribution in [3.63, 3.8) is 0 Å². The summed E-state index contributed by atoms with van der Waals surface area (Å²) in [6.45, 7) is 0.406. The number of nitrogens with zero attached hydrogens (tertiary/aromatic N) is 1. The first-order chi connectivity index (χ1) is 14.0. The molecule has 3 amide bonds. The number of nitrogen functional groups attached to an aromatic ring is 1. The van der Waals surface area contributed by atoms with Gasteiger partial charge in [0.05, 0.1) is 24.6 Å². The third-order valence-electron chi connectivity index (χ3n) is 5.22. The van der Waals surface area contributed by atoms with E-state index >= 15 is 0 Å². The van der Waals surface area contributed by atoms with Crippen LogP contribution in [0.15, 0.2) is 36.4 Å². The maximum Gasteiger partial charge on any atom is 0.286 e. The monoisotopic (exact) mass is 411 g/mol. The van der Waals surface area contributed by atoms with Gasteiger partial charge in [0, 0.05) is 12.1 Å². The van der Waals surface area contributed by atoms with Crippen molar-refractivity contribution < 1.29 is 19.1 Å². The highest BCUT2D eigenvalue weighted by Gasteiger charge is 2.34. The summed E-state index contributed by atoms with van der Waals surface area (Å²) in [5, 5.41) is 1.56. The largest absolute Gasteiger partial charge is 0.495 e. The predicted molar refractivity (Wildman–Crippen MR) is 112 cm³/mol. The van der Waals surface area contributed by atoms with Crippen LogP contribution in [0.3, 0.4) is 0 Å². The van der Waals surface area contributed by atoms with Gasteiger partial charge in [0.1, 0.15) is 5.75 Å². The third kappa shape index (κ3) is 3.80. The number of carbonyl (C=O) groups is 3. The quantitative estimate of drug-likeness (QED) is 0.734. The zero-order chi connectivity index (χ0) is 20.5. The van der Waals surface area contributed by atoms with Crippen molar-refractivity contribution in [2.45, 2.75) is 31.1 Å². The molecule has 7 nitrogen and oxygen atoms in total. The van der Waals surface area contributed by atoms with Crippen molar-refractivity contribution in [1.29, 1.82) is 0 Å². The number of methoxy groups -OCH3 is 1. The second kappa shape index (κ2) is 7.79. The van der Waals surface area contributed by atoms with Gasteiger partial charge in [-0.1, -0.05) is 30.0 Å². The molecule has 1 fully saturated rings. The summed E-state index contributed by atoms with van der Waals surface area (Å²) in [5.41, 5.74) is 10.1. The molecule has 2 aromatic carbocycles. The fourth-order valence-electron chi connectivity index (χ4n) is 3.78. The molecule has 2 aliphatic rings. The number of nitrogens with two attached hydrogens (primary N) is 1. The number of hydrogen-bond donors (Lipinski definition) is 2. The van der Waals surface area contributed by atoms with Crippen LogP contribution >= 0.6 is 11.8 Å². The Labute approximate surface area is 172 Å². The lowest BCUT2D eigenvalue weighted by Gasteiger charge is -2.32. The molecule has 150 valence electrons. The van der Waals surface area contributed by atoms with Gasteiger partial charge < -0.3 is 15.4 Å². The Balaban J connectivity index is 1.71. The first-order valence-corrected chi connectivity index (χ1v) is 10.2. The van der Waals surface area contributed by atoms with Gasteiger partial charge in [-0.2, -0.15) is 0 Å². The van der Waals surface area contributed by atoms with E-state index in [0.717, 1.165) is 34.1 Å². The lowest BCUT2D eigenvalue weighted by Crippen LogP contribution is -2.35. The Hall–Kier alpha value is -3.00. The van der Waals surface area contributed by atoms with Crippen LogP contribution in [-0.2, 0) is 29.0 Å². The molecule has 0 aromatic heterocycles. The highest BCUT2D eigenvalue weighted by Crippen LogP contribution is 2.41. The normalized spacial score (nSPS) is 18.6. The van der Waals surface area contributed by atoms with E-state index in [4.69, 9.17) is 10.5 Å². The topological polar surface area (TPSA) is 102 Å². The van der Waals surface area contributed by atoms with Gasteiger partial charge in [0.15, 0.2) is 0 Å². The van der Waals surface area contributed by atoms with Crippen LogP contribution in [0.2, 0.25) is 0 Å². The van der Waals surface area contributed by atoms with Crippen molar-refractivity contribution in [3.8, 4) is 5.75 Å². The van der Waals surface area contributed by atoms with Gasteiger partial charge in [-0.3, -0.25) is 19.7 Å². The Bertz CT molecular complexity index is 990. The predicted octanol–water partition coefficient (Wildman–Crippen LogP) is 2.65. The van der Waals surface area contributed by atoms with Crippen LogP contribution in [0.25, 0.3) is 0 Å². The molecule has 4 rings (SSSR count). The minimum atomic E-state index is -0.455. The zero-order valence-corrected chi connectivity index (χ0v) is 16.8. The number of anilines is 2. The second-order valence-corrected chi connectivity index (χ2v) is 8.24. The molecule has 29 heavy (non-hydrogen) atoms. The van der Waals surface area contributed by atoms with Crippen molar-refractivity contribution >= 4 is 40.2 Å². The molecule has 0 saturated carbocycles. The number of thioether (sulfide) groups is 1. The maximum atomic E-state index is 12.8. The molecular weight excluding hydrogens is 390 g/mol. The first kappa shape index (κ1) is 19.3. The number of benzene rings is 2. The van der Waals surface area contributed by atoms with Crippen molar-refractivity contribution in [2.75, 3.05) is 17.7 Å². The van der Waals surface area contributed by atoms with Crippen LogP contribution in [0.5, 0.6) is 5.75 Å². The summed E-state index contributed by atoms with van der Waals surface area (Å²) in [7, 11) is 1.58. The van der Waals surface area contributed by atoms with E-state index in [-0.39, 0.29) is 17.1 Å². The lowest BCUT2D eigenvalue weighted by atomic mass is 9.92. The zero-order valence-electron chi connectivity index (χ0n) is 15.9. The molecule has 0 spiro atoms. The molecule has 1 unspecified atom stereocenters.